The molecule has 3 aromatic rings. The van der Waals surface area contributed by atoms with Crippen molar-refractivity contribution in [2.45, 2.75) is 6.92 Å². The summed E-state index contributed by atoms with van der Waals surface area (Å²) in [4.78, 5) is 16.3. The quantitative estimate of drug-likeness (QED) is 0.576. The molecule has 20 heavy (non-hydrogen) atoms. The van der Waals surface area contributed by atoms with Gasteiger partial charge in [0.25, 0.3) is 0 Å². The summed E-state index contributed by atoms with van der Waals surface area (Å²) < 4.78 is 0. The Morgan fingerprint density at radius 2 is 1.80 bits per heavy atom. The van der Waals surface area contributed by atoms with Crippen LogP contribution in [0.15, 0.2) is 30.6 Å². The van der Waals surface area contributed by atoms with E-state index >= 15 is 0 Å². The number of aromatic nitrogens is 4. The maximum atomic E-state index is 6.01. The second-order valence-corrected chi connectivity index (χ2v) is 4.84. The Balaban J connectivity index is 2.17. The maximum Gasteiger partial charge on any atom is 0.225 e. The third-order valence-electron chi connectivity index (χ3n) is 2.81. The number of rotatable bonds is 2. The molecule has 0 aliphatic carbocycles. The number of para-hydroxylation sites is 1. The summed E-state index contributed by atoms with van der Waals surface area (Å²) in [5.74, 6) is 0.499. The van der Waals surface area contributed by atoms with Crippen LogP contribution in [0.2, 0.25) is 10.4 Å². The zero-order chi connectivity index (χ0) is 14.1. The lowest BCUT2D eigenvalue weighted by atomic mass is 10.2. The van der Waals surface area contributed by atoms with Crippen molar-refractivity contribution in [3.8, 4) is 0 Å². The summed E-state index contributed by atoms with van der Waals surface area (Å²) in [6, 6.07) is 7.84. The Labute approximate surface area is 125 Å². The van der Waals surface area contributed by atoms with Crippen molar-refractivity contribution < 1.29 is 0 Å². The summed E-state index contributed by atoms with van der Waals surface area (Å²) in [6.07, 6.45) is 1.37. The predicted molar refractivity (Wildman–Crippen MR) is 79.6 cm³/mol. The summed E-state index contributed by atoms with van der Waals surface area (Å²) in [6.45, 7) is 2.00. The number of fused-ring (bicyclic) bond motifs is 1. The van der Waals surface area contributed by atoms with Gasteiger partial charge >= 0.3 is 0 Å². The second-order valence-electron chi connectivity index (χ2n) is 4.14. The third-order valence-corrected chi connectivity index (χ3v) is 3.25. The van der Waals surface area contributed by atoms with E-state index < -0.39 is 0 Å². The maximum absolute atomic E-state index is 6.01. The number of hydrogen-bond acceptors (Lipinski definition) is 5. The van der Waals surface area contributed by atoms with E-state index in [1.165, 1.54) is 6.33 Å². The first-order chi connectivity index (χ1) is 9.65. The second kappa shape index (κ2) is 5.19. The third kappa shape index (κ3) is 2.37. The van der Waals surface area contributed by atoms with Gasteiger partial charge in [-0.25, -0.2) is 15.0 Å². The van der Waals surface area contributed by atoms with Crippen molar-refractivity contribution in [2.75, 3.05) is 5.32 Å². The van der Waals surface area contributed by atoms with E-state index in [2.05, 4.69) is 25.3 Å². The standard InChI is InChI=1S/C13H9Cl2N5/c1-7-4-2-3-5-8(7)18-12-10-9(19-13(15)20-12)11(14)17-6-16-10/h2-6H,1H3,(H,18,19,20). The Hall–Kier alpha value is -1.98. The highest BCUT2D eigenvalue weighted by Crippen LogP contribution is 2.27. The first-order valence-electron chi connectivity index (χ1n) is 5.81. The molecule has 0 saturated heterocycles. The molecule has 0 atom stereocenters. The summed E-state index contributed by atoms with van der Waals surface area (Å²) in [5.41, 5.74) is 2.94. The molecule has 0 saturated carbocycles. The highest BCUT2D eigenvalue weighted by molar-refractivity contribution is 6.34. The zero-order valence-electron chi connectivity index (χ0n) is 10.4. The highest BCUT2D eigenvalue weighted by atomic mass is 35.5. The average molecular weight is 306 g/mol. The van der Waals surface area contributed by atoms with E-state index in [1.807, 2.05) is 31.2 Å². The minimum absolute atomic E-state index is 0.0882. The normalized spacial score (nSPS) is 10.8. The number of nitrogens with zero attached hydrogens (tertiary/aromatic N) is 4. The molecular weight excluding hydrogens is 297 g/mol. The zero-order valence-corrected chi connectivity index (χ0v) is 11.9. The van der Waals surface area contributed by atoms with Crippen LogP contribution in [-0.2, 0) is 0 Å². The van der Waals surface area contributed by atoms with Crippen molar-refractivity contribution in [1.82, 2.24) is 19.9 Å². The molecule has 1 N–H and O–H groups in total. The Morgan fingerprint density at radius 3 is 2.60 bits per heavy atom. The smallest absolute Gasteiger partial charge is 0.225 e. The van der Waals surface area contributed by atoms with E-state index in [4.69, 9.17) is 23.2 Å². The van der Waals surface area contributed by atoms with Crippen LogP contribution in [0, 0.1) is 6.92 Å². The number of hydrogen-bond donors (Lipinski definition) is 1. The molecule has 0 bridgehead atoms. The van der Waals surface area contributed by atoms with Crippen LogP contribution in [0.4, 0.5) is 11.5 Å². The minimum atomic E-state index is 0.0882. The molecule has 0 spiro atoms. The molecule has 5 nitrogen and oxygen atoms in total. The predicted octanol–water partition coefficient (Wildman–Crippen LogP) is 3.78. The van der Waals surface area contributed by atoms with Crippen molar-refractivity contribution >= 4 is 45.7 Å². The van der Waals surface area contributed by atoms with E-state index in [9.17, 15) is 0 Å². The summed E-state index contributed by atoms with van der Waals surface area (Å²) >= 11 is 11.9. The van der Waals surface area contributed by atoms with Crippen LogP contribution in [0.5, 0.6) is 0 Å². The molecule has 2 heterocycles. The number of nitrogens with one attached hydrogen (secondary N) is 1. The number of halogens is 2. The van der Waals surface area contributed by atoms with Gasteiger partial charge in [0.1, 0.15) is 17.4 Å². The fourth-order valence-electron chi connectivity index (χ4n) is 1.82. The van der Waals surface area contributed by atoms with Gasteiger partial charge in [0.2, 0.25) is 5.28 Å². The van der Waals surface area contributed by atoms with Gasteiger partial charge in [-0.3, -0.25) is 0 Å². The van der Waals surface area contributed by atoms with E-state index in [0.29, 0.717) is 16.9 Å². The molecule has 0 aliphatic heterocycles. The number of aryl methyl sites for hydroxylation is 1. The Morgan fingerprint density at radius 1 is 1.00 bits per heavy atom. The molecule has 2 aromatic heterocycles. The van der Waals surface area contributed by atoms with Crippen LogP contribution in [0.25, 0.3) is 11.0 Å². The van der Waals surface area contributed by atoms with Gasteiger partial charge in [-0.05, 0) is 30.2 Å². The number of anilines is 2. The molecule has 0 radical (unpaired) electrons. The van der Waals surface area contributed by atoms with Crippen molar-refractivity contribution in [3.63, 3.8) is 0 Å². The molecule has 100 valence electrons. The van der Waals surface area contributed by atoms with Gasteiger partial charge in [-0.1, -0.05) is 29.8 Å². The topological polar surface area (TPSA) is 63.6 Å². The van der Waals surface area contributed by atoms with Gasteiger partial charge < -0.3 is 5.32 Å². The Kier molecular flexibility index (Phi) is 3.38. The highest BCUT2D eigenvalue weighted by Gasteiger charge is 2.12. The molecule has 7 heteroatoms. The van der Waals surface area contributed by atoms with E-state index in [-0.39, 0.29) is 10.4 Å². The van der Waals surface area contributed by atoms with Crippen LogP contribution < -0.4 is 5.32 Å². The molecule has 0 aliphatic rings. The minimum Gasteiger partial charge on any atom is -0.338 e. The lowest BCUT2D eigenvalue weighted by molar-refractivity contribution is 1.15. The van der Waals surface area contributed by atoms with Crippen LogP contribution in [0.3, 0.4) is 0 Å². The van der Waals surface area contributed by atoms with Crippen molar-refractivity contribution in [1.29, 1.82) is 0 Å². The monoisotopic (exact) mass is 305 g/mol. The van der Waals surface area contributed by atoms with E-state index in [1.54, 1.807) is 0 Å². The van der Waals surface area contributed by atoms with Gasteiger partial charge in [-0.15, -0.1) is 0 Å². The first-order valence-corrected chi connectivity index (χ1v) is 6.57. The van der Waals surface area contributed by atoms with Gasteiger partial charge in [-0.2, -0.15) is 4.98 Å². The molecule has 0 amide bonds. The fraction of sp³-hybridized carbons (Fsp3) is 0.0769. The first kappa shape index (κ1) is 13.0. The summed E-state index contributed by atoms with van der Waals surface area (Å²) in [7, 11) is 0. The fourth-order valence-corrected chi connectivity index (χ4v) is 2.16. The van der Waals surface area contributed by atoms with Crippen molar-refractivity contribution in [3.05, 3.63) is 46.6 Å². The summed E-state index contributed by atoms with van der Waals surface area (Å²) in [5, 5.41) is 3.53. The molecular formula is C13H9Cl2N5. The van der Waals surface area contributed by atoms with Gasteiger partial charge in [0, 0.05) is 5.69 Å². The average Bonchev–Trinajstić information content (AvgIpc) is 2.42. The van der Waals surface area contributed by atoms with Crippen LogP contribution in [0.1, 0.15) is 5.56 Å². The number of benzene rings is 1. The molecule has 3 rings (SSSR count). The SMILES string of the molecule is Cc1ccccc1Nc1nc(Cl)nc2c(Cl)ncnc12. The lowest BCUT2D eigenvalue weighted by Crippen LogP contribution is -2.00. The van der Waals surface area contributed by atoms with E-state index in [0.717, 1.165) is 11.3 Å². The van der Waals surface area contributed by atoms with Crippen LogP contribution >= 0.6 is 23.2 Å². The Bertz CT molecular complexity index is 791. The van der Waals surface area contributed by atoms with Crippen LogP contribution in [-0.4, -0.2) is 19.9 Å². The van der Waals surface area contributed by atoms with Gasteiger partial charge in [0.05, 0.1) is 0 Å². The largest absolute Gasteiger partial charge is 0.338 e. The molecule has 0 fully saturated rings. The molecule has 0 unspecified atom stereocenters. The molecule has 1 aromatic carbocycles. The van der Waals surface area contributed by atoms with Crippen molar-refractivity contribution in [2.24, 2.45) is 0 Å². The van der Waals surface area contributed by atoms with Gasteiger partial charge in [0.15, 0.2) is 11.0 Å². The lowest BCUT2D eigenvalue weighted by Gasteiger charge is -2.10.